The number of carboxylic acid groups (broad SMARTS) is 1. The number of aliphatic carboxylic acids is 1. The minimum atomic E-state index is -0.932. The van der Waals surface area contributed by atoms with Gasteiger partial charge >= 0.3 is 5.97 Å². The molecule has 5 heteroatoms. The van der Waals surface area contributed by atoms with Crippen molar-refractivity contribution < 1.29 is 14.6 Å². The van der Waals surface area contributed by atoms with Crippen LogP contribution in [0.3, 0.4) is 0 Å². The fourth-order valence-electron chi connectivity index (χ4n) is 1.85. The second-order valence-electron chi connectivity index (χ2n) is 5.01. The first-order valence-electron chi connectivity index (χ1n) is 5.82. The average Bonchev–Trinajstić information content (AvgIpc) is 2.68. The van der Waals surface area contributed by atoms with E-state index < -0.39 is 11.5 Å². The van der Waals surface area contributed by atoms with Gasteiger partial charge in [0.15, 0.2) is 0 Å². The molecular weight excluding hydrogens is 298 g/mol. The van der Waals surface area contributed by atoms with Crippen LogP contribution in [0.4, 0.5) is 0 Å². The molecule has 1 aliphatic rings. The van der Waals surface area contributed by atoms with Crippen molar-refractivity contribution in [2.45, 2.75) is 31.9 Å². The fourth-order valence-corrected chi connectivity index (χ4v) is 2.26. The predicted octanol–water partition coefficient (Wildman–Crippen LogP) is 2.21. The number of rotatable bonds is 4. The second-order valence-corrected chi connectivity index (χ2v) is 5.92. The van der Waals surface area contributed by atoms with E-state index in [0.717, 1.165) is 22.2 Å². The largest absolute Gasteiger partial charge is 0.488 e. The molecule has 1 aliphatic heterocycles. The van der Waals surface area contributed by atoms with Gasteiger partial charge in [-0.3, -0.25) is 10.1 Å². The van der Waals surface area contributed by atoms with Crippen molar-refractivity contribution in [3.05, 3.63) is 28.2 Å². The molecule has 1 unspecified atom stereocenters. The van der Waals surface area contributed by atoms with Gasteiger partial charge in [-0.15, -0.1) is 0 Å². The first-order valence-corrected chi connectivity index (χ1v) is 6.61. The number of benzene rings is 1. The van der Waals surface area contributed by atoms with Gasteiger partial charge in [-0.05, 0) is 37.6 Å². The molecule has 1 aromatic rings. The molecule has 0 amide bonds. The lowest BCUT2D eigenvalue weighted by Gasteiger charge is -2.23. The molecule has 0 aliphatic carbocycles. The van der Waals surface area contributed by atoms with Crippen LogP contribution in [0, 0.1) is 0 Å². The molecule has 1 heterocycles. The number of fused-ring (bicyclic) bond motifs is 1. The summed E-state index contributed by atoms with van der Waals surface area (Å²) in [6, 6.07) is 5.91. The zero-order valence-electron chi connectivity index (χ0n) is 10.4. The normalized spacial score (nSPS) is 18.3. The molecular formula is C13H16BrNO3. The van der Waals surface area contributed by atoms with Crippen molar-refractivity contribution in [1.82, 2.24) is 5.32 Å². The Labute approximate surface area is 114 Å². The molecule has 0 saturated carbocycles. The van der Waals surface area contributed by atoms with Crippen molar-refractivity contribution in [3.63, 3.8) is 0 Å². The summed E-state index contributed by atoms with van der Waals surface area (Å²) in [6.07, 6.45) is 0.796. The standard InChI is InChI=1S/C13H16BrNO3/c1-13(2,12(16)17)15-7-10-6-8-5-9(14)3-4-11(8)18-10/h3-5,10,15H,6-7H2,1-2H3,(H,16,17). The summed E-state index contributed by atoms with van der Waals surface area (Å²) < 4.78 is 6.79. The van der Waals surface area contributed by atoms with Crippen LogP contribution >= 0.6 is 15.9 Å². The van der Waals surface area contributed by atoms with Crippen LogP contribution in [0.15, 0.2) is 22.7 Å². The molecule has 2 N–H and O–H groups in total. The molecule has 1 aromatic carbocycles. The molecule has 0 spiro atoms. The van der Waals surface area contributed by atoms with Gasteiger partial charge < -0.3 is 9.84 Å². The highest BCUT2D eigenvalue weighted by molar-refractivity contribution is 9.10. The summed E-state index contributed by atoms with van der Waals surface area (Å²) in [6.45, 7) is 3.81. The van der Waals surface area contributed by atoms with Gasteiger partial charge in [-0.2, -0.15) is 0 Å². The third kappa shape index (κ3) is 2.84. The minimum absolute atomic E-state index is 0.00655. The van der Waals surface area contributed by atoms with Crippen LogP contribution in [0.2, 0.25) is 0 Å². The van der Waals surface area contributed by atoms with E-state index in [1.807, 2.05) is 18.2 Å². The van der Waals surface area contributed by atoms with Gasteiger partial charge in [-0.25, -0.2) is 0 Å². The third-order valence-electron chi connectivity index (χ3n) is 3.07. The van der Waals surface area contributed by atoms with Gasteiger partial charge in [0.2, 0.25) is 0 Å². The Balaban J connectivity index is 1.94. The number of carbonyl (C=O) groups is 1. The summed E-state index contributed by atoms with van der Waals surface area (Å²) in [5.74, 6) is 0.0267. The Morgan fingerprint density at radius 3 is 3.00 bits per heavy atom. The number of hydrogen-bond acceptors (Lipinski definition) is 3. The molecule has 0 radical (unpaired) electrons. The Morgan fingerprint density at radius 2 is 2.33 bits per heavy atom. The Bertz CT molecular complexity index is 473. The van der Waals surface area contributed by atoms with Crippen molar-refractivity contribution in [1.29, 1.82) is 0 Å². The summed E-state index contributed by atoms with van der Waals surface area (Å²) >= 11 is 3.43. The van der Waals surface area contributed by atoms with Crippen molar-refractivity contribution in [2.24, 2.45) is 0 Å². The maximum absolute atomic E-state index is 11.0. The van der Waals surface area contributed by atoms with Gasteiger partial charge in [0.1, 0.15) is 17.4 Å². The van der Waals surface area contributed by atoms with Crippen molar-refractivity contribution >= 4 is 21.9 Å². The average molecular weight is 314 g/mol. The first-order chi connectivity index (χ1) is 8.38. The van der Waals surface area contributed by atoms with Crippen LogP contribution < -0.4 is 10.1 Å². The van der Waals surface area contributed by atoms with E-state index >= 15 is 0 Å². The number of hydrogen-bond donors (Lipinski definition) is 2. The maximum atomic E-state index is 11.0. The van der Waals surface area contributed by atoms with E-state index in [1.54, 1.807) is 13.8 Å². The molecule has 2 rings (SSSR count). The quantitative estimate of drug-likeness (QED) is 0.894. The van der Waals surface area contributed by atoms with Crippen LogP contribution in [0.1, 0.15) is 19.4 Å². The van der Waals surface area contributed by atoms with Crippen molar-refractivity contribution in [2.75, 3.05) is 6.54 Å². The van der Waals surface area contributed by atoms with E-state index in [9.17, 15) is 4.79 Å². The summed E-state index contributed by atoms with van der Waals surface area (Å²) in [7, 11) is 0. The smallest absolute Gasteiger partial charge is 0.323 e. The lowest BCUT2D eigenvalue weighted by molar-refractivity contribution is -0.143. The summed E-state index contributed by atoms with van der Waals surface area (Å²) in [5, 5.41) is 12.0. The highest BCUT2D eigenvalue weighted by Gasteiger charge is 2.30. The van der Waals surface area contributed by atoms with E-state index in [1.165, 1.54) is 0 Å². The van der Waals surface area contributed by atoms with Gasteiger partial charge in [0.25, 0.3) is 0 Å². The third-order valence-corrected chi connectivity index (χ3v) is 3.56. The molecule has 0 aromatic heterocycles. The summed E-state index contributed by atoms with van der Waals surface area (Å²) in [5.41, 5.74) is 0.225. The zero-order chi connectivity index (χ0) is 13.3. The lowest BCUT2D eigenvalue weighted by Crippen LogP contribution is -2.50. The van der Waals surface area contributed by atoms with Crippen LogP contribution in [0.25, 0.3) is 0 Å². The Hall–Kier alpha value is -1.07. The van der Waals surface area contributed by atoms with E-state index in [4.69, 9.17) is 9.84 Å². The van der Waals surface area contributed by atoms with Gasteiger partial charge in [0, 0.05) is 17.4 Å². The number of nitrogens with one attached hydrogen (secondary N) is 1. The van der Waals surface area contributed by atoms with Crippen molar-refractivity contribution in [3.8, 4) is 5.75 Å². The minimum Gasteiger partial charge on any atom is -0.488 e. The highest BCUT2D eigenvalue weighted by Crippen LogP contribution is 2.31. The first kappa shape index (κ1) is 13.4. The molecule has 18 heavy (non-hydrogen) atoms. The van der Waals surface area contributed by atoms with Crippen LogP contribution in [-0.2, 0) is 11.2 Å². The van der Waals surface area contributed by atoms with Crippen LogP contribution in [0.5, 0.6) is 5.75 Å². The molecule has 4 nitrogen and oxygen atoms in total. The number of halogens is 1. The fraction of sp³-hybridized carbons (Fsp3) is 0.462. The Morgan fingerprint density at radius 1 is 1.61 bits per heavy atom. The lowest BCUT2D eigenvalue weighted by atomic mass is 10.1. The second kappa shape index (κ2) is 4.90. The molecule has 0 bridgehead atoms. The maximum Gasteiger partial charge on any atom is 0.323 e. The SMILES string of the molecule is CC(C)(NCC1Cc2cc(Br)ccc2O1)C(=O)O. The van der Waals surface area contributed by atoms with E-state index in [2.05, 4.69) is 21.2 Å². The van der Waals surface area contributed by atoms with Gasteiger partial charge in [-0.1, -0.05) is 15.9 Å². The van der Waals surface area contributed by atoms with Gasteiger partial charge in [0.05, 0.1) is 0 Å². The number of carboxylic acids is 1. The summed E-state index contributed by atoms with van der Waals surface area (Å²) in [4.78, 5) is 11.0. The topological polar surface area (TPSA) is 58.6 Å². The monoisotopic (exact) mass is 313 g/mol. The van der Waals surface area contributed by atoms with E-state index in [-0.39, 0.29) is 6.10 Å². The zero-order valence-corrected chi connectivity index (χ0v) is 12.0. The van der Waals surface area contributed by atoms with Crippen LogP contribution in [-0.4, -0.2) is 29.3 Å². The predicted molar refractivity (Wildman–Crippen MR) is 72.0 cm³/mol. The molecule has 98 valence electrons. The van der Waals surface area contributed by atoms with E-state index in [0.29, 0.717) is 6.54 Å². The molecule has 1 atom stereocenters. The molecule has 0 saturated heterocycles. The highest BCUT2D eigenvalue weighted by atomic mass is 79.9. The number of ether oxygens (including phenoxy) is 1. The molecule has 0 fully saturated rings. The Kier molecular flexibility index (Phi) is 3.64.